The van der Waals surface area contributed by atoms with Gasteiger partial charge in [-0.15, -0.1) is 0 Å². The number of hydrogen-bond donors (Lipinski definition) is 2. The summed E-state index contributed by atoms with van der Waals surface area (Å²) in [6, 6.07) is 5.07. The predicted molar refractivity (Wildman–Crippen MR) is 81.1 cm³/mol. The van der Waals surface area contributed by atoms with Gasteiger partial charge in [0.2, 0.25) is 0 Å². The molecule has 1 aliphatic carbocycles. The van der Waals surface area contributed by atoms with E-state index in [1.54, 1.807) is 6.20 Å². The van der Waals surface area contributed by atoms with Crippen LogP contribution in [0.1, 0.15) is 26.2 Å². The van der Waals surface area contributed by atoms with Gasteiger partial charge in [0.15, 0.2) is 5.82 Å². The molecule has 0 amide bonds. The number of nitrogens with two attached hydrogens (primary N) is 1. The summed E-state index contributed by atoms with van der Waals surface area (Å²) in [6.45, 7) is 3.07. The number of rotatable bonds is 3. The predicted octanol–water partition coefficient (Wildman–Crippen LogP) is 3.80. The number of halogens is 1. The van der Waals surface area contributed by atoms with E-state index in [1.807, 2.05) is 12.1 Å². The highest BCUT2D eigenvalue weighted by atomic mass is 19.1. The van der Waals surface area contributed by atoms with Crippen LogP contribution in [0.3, 0.4) is 0 Å². The number of nitrogen functional groups attached to an aromatic ring is 1. The maximum Gasteiger partial charge on any atom is 0.150 e. The number of fused-ring (bicyclic) bond motifs is 1. The van der Waals surface area contributed by atoms with E-state index in [9.17, 15) is 4.39 Å². The molecule has 2 atom stereocenters. The second-order valence-electron chi connectivity index (χ2n) is 5.77. The van der Waals surface area contributed by atoms with Gasteiger partial charge in [-0.25, -0.2) is 4.39 Å². The average Bonchev–Trinajstić information content (AvgIpc) is 2.84. The molecule has 20 heavy (non-hydrogen) atoms. The number of nitrogens with zero attached hydrogens (tertiary/aromatic N) is 1. The highest BCUT2D eigenvalue weighted by molar-refractivity contribution is 5.98. The third-order valence-electron chi connectivity index (χ3n) is 4.46. The maximum atomic E-state index is 14.2. The second-order valence-corrected chi connectivity index (χ2v) is 5.77. The quantitative estimate of drug-likeness (QED) is 0.836. The third-order valence-corrected chi connectivity index (χ3v) is 4.46. The molecule has 1 heterocycles. The molecule has 1 aliphatic rings. The lowest BCUT2D eigenvalue weighted by atomic mass is 9.98. The molecule has 0 aliphatic heterocycles. The molecule has 3 nitrogen and oxygen atoms in total. The van der Waals surface area contributed by atoms with Crippen molar-refractivity contribution in [3.05, 3.63) is 30.2 Å². The molecule has 1 aromatic carbocycles. The van der Waals surface area contributed by atoms with Crippen LogP contribution >= 0.6 is 0 Å². The summed E-state index contributed by atoms with van der Waals surface area (Å²) < 4.78 is 14.2. The zero-order valence-corrected chi connectivity index (χ0v) is 11.7. The van der Waals surface area contributed by atoms with Crippen molar-refractivity contribution in [2.45, 2.75) is 26.2 Å². The van der Waals surface area contributed by atoms with Crippen LogP contribution in [0.15, 0.2) is 24.4 Å². The Bertz CT molecular complexity index is 626. The lowest BCUT2D eigenvalue weighted by Crippen LogP contribution is -2.17. The minimum Gasteiger partial charge on any atom is -0.398 e. The van der Waals surface area contributed by atoms with Gasteiger partial charge in [0, 0.05) is 23.8 Å². The van der Waals surface area contributed by atoms with Crippen molar-refractivity contribution in [3.63, 3.8) is 0 Å². The Morgan fingerprint density at radius 2 is 2.30 bits per heavy atom. The zero-order chi connectivity index (χ0) is 14.1. The highest BCUT2D eigenvalue weighted by Crippen LogP contribution is 2.33. The van der Waals surface area contributed by atoms with E-state index >= 15 is 0 Å². The molecular formula is C16H20FN3. The topological polar surface area (TPSA) is 50.9 Å². The molecule has 1 aromatic heterocycles. The Morgan fingerprint density at radius 3 is 3.05 bits per heavy atom. The average molecular weight is 273 g/mol. The van der Waals surface area contributed by atoms with E-state index in [-0.39, 0.29) is 5.82 Å². The van der Waals surface area contributed by atoms with Crippen LogP contribution in [0, 0.1) is 17.7 Å². The van der Waals surface area contributed by atoms with Gasteiger partial charge >= 0.3 is 0 Å². The maximum absolute atomic E-state index is 14.2. The number of benzene rings is 1. The fourth-order valence-corrected chi connectivity index (χ4v) is 3.16. The Kier molecular flexibility index (Phi) is 3.47. The Labute approximate surface area is 118 Å². The molecule has 0 saturated heterocycles. The lowest BCUT2D eigenvalue weighted by molar-refractivity contribution is 0.439. The molecule has 0 radical (unpaired) electrons. The van der Waals surface area contributed by atoms with E-state index in [4.69, 9.17) is 5.73 Å². The van der Waals surface area contributed by atoms with Gasteiger partial charge in [-0.1, -0.05) is 19.8 Å². The van der Waals surface area contributed by atoms with Gasteiger partial charge in [0.25, 0.3) is 0 Å². The first-order valence-corrected chi connectivity index (χ1v) is 7.23. The Balaban J connectivity index is 1.90. The summed E-state index contributed by atoms with van der Waals surface area (Å²) >= 11 is 0. The summed E-state index contributed by atoms with van der Waals surface area (Å²) in [5, 5.41) is 4.06. The molecule has 2 unspecified atom stereocenters. The molecule has 4 heteroatoms. The molecule has 3 rings (SSSR count). The Morgan fingerprint density at radius 1 is 1.45 bits per heavy atom. The van der Waals surface area contributed by atoms with Gasteiger partial charge in [-0.05, 0) is 36.5 Å². The molecule has 106 valence electrons. The fraction of sp³-hybridized carbons (Fsp3) is 0.438. The van der Waals surface area contributed by atoms with Crippen LogP contribution in [0.2, 0.25) is 0 Å². The zero-order valence-electron chi connectivity index (χ0n) is 11.7. The van der Waals surface area contributed by atoms with Crippen LogP contribution < -0.4 is 11.1 Å². The summed E-state index contributed by atoms with van der Waals surface area (Å²) in [7, 11) is 0. The van der Waals surface area contributed by atoms with Crippen molar-refractivity contribution in [2.75, 3.05) is 17.6 Å². The van der Waals surface area contributed by atoms with Crippen LogP contribution in [-0.4, -0.2) is 11.5 Å². The molecule has 1 saturated carbocycles. The molecule has 2 aromatic rings. The first kappa shape index (κ1) is 13.2. The largest absolute Gasteiger partial charge is 0.398 e. The highest BCUT2D eigenvalue weighted by Gasteiger charge is 2.23. The van der Waals surface area contributed by atoms with Crippen molar-refractivity contribution >= 4 is 22.3 Å². The van der Waals surface area contributed by atoms with E-state index < -0.39 is 0 Å². The first-order chi connectivity index (χ1) is 9.66. The molecule has 0 bridgehead atoms. The summed E-state index contributed by atoms with van der Waals surface area (Å²) in [6.07, 6.45) is 5.44. The monoisotopic (exact) mass is 273 g/mol. The molecule has 3 N–H and O–H groups in total. The molecule has 0 spiro atoms. The van der Waals surface area contributed by atoms with Gasteiger partial charge in [-0.3, -0.25) is 4.98 Å². The summed E-state index contributed by atoms with van der Waals surface area (Å²) in [5.41, 5.74) is 7.40. The number of nitrogens with one attached hydrogen (secondary N) is 1. The van der Waals surface area contributed by atoms with E-state index in [0.29, 0.717) is 28.7 Å². The second kappa shape index (κ2) is 5.27. The summed E-state index contributed by atoms with van der Waals surface area (Å²) in [4.78, 5) is 4.28. The van der Waals surface area contributed by atoms with Crippen molar-refractivity contribution in [2.24, 2.45) is 11.8 Å². The third kappa shape index (κ3) is 2.30. The van der Waals surface area contributed by atoms with Gasteiger partial charge in [0.05, 0.1) is 11.2 Å². The smallest absolute Gasteiger partial charge is 0.150 e. The number of pyridine rings is 1. The van der Waals surface area contributed by atoms with E-state index in [1.165, 1.54) is 25.3 Å². The fourth-order valence-electron chi connectivity index (χ4n) is 3.16. The number of anilines is 2. The van der Waals surface area contributed by atoms with Crippen molar-refractivity contribution in [3.8, 4) is 0 Å². The number of hydrogen-bond acceptors (Lipinski definition) is 3. The van der Waals surface area contributed by atoms with Crippen LogP contribution in [0.4, 0.5) is 15.8 Å². The van der Waals surface area contributed by atoms with Crippen LogP contribution in [0.5, 0.6) is 0 Å². The van der Waals surface area contributed by atoms with Crippen molar-refractivity contribution < 1.29 is 4.39 Å². The minimum atomic E-state index is -0.320. The van der Waals surface area contributed by atoms with Gasteiger partial charge in [-0.2, -0.15) is 0 Å². The number of aromatic nitrogens is 1. The molecule has 1 fully saturated rings. The summed E-state index contributed by atoms with van der Waals surface area (Å²) in [5.74, 6) is 1.00. The minimum absolute atomic E-state index is 0.320. The SMILES string of the molecule is CC1CCCC1CNc1c(F)cc(N)c2cccnc12. The van der Waals surface area contributed by atoms with Crippen LogP contribution in [-0.2, 0) is 0 Å². The van der Waals surface area contributed by atoms with Gasteiger partial charge in [0.1, 0.15) is 0 Å². The Hall–Kier alpha value is -1.84. The van der Waals surface area contributed by atoms with Gasteiger partial charge < -0.3 is 11.1 Å². The van der Waals surface area contributed by atoms with Crippen molar-refractivity contribution in [1.82, 2.24) is 4.98 Å². The molecular weight excluding hydrogens is 253 g/mol. The van der Waals surface area contributed by atoms with Crippen LogP contribution in [0.25, 0.3) is 10.9 Å². The van der Waals surface area contributed by atoms with Crippen molar-refractivity contribution in [1.29, 1.82) is 0 Å². The van der Waals surface area contributed by atoms with E-state index in [0.717, 1.165) is 11.9 Å². The first-order valence-electron chi connectivity index (χ1n) is 7.23. The van der Waals surface area contributed by atoms with E-state index in [2.05, 4.69) is 17.2 Å². The normalized spacial score (nSPS) is 22.3. The standard InChI is InChI=1S/C16H20FN3/c1-10-4-2-5-11(10)9-20-16-13(17)8-14(18)12-6-3-7-19-15(12)16/h3,6-8,10-11,20H,2,4-5,9,18H2,1H3. The lowest BCUT2D eigenvalue weighted by Gasteiger charge is -2.18.